The van der Waals surface area contributed by atoms with Gasteiger partial charge in [-0.15, -0.1) is 5.10 Å². The SMILES string of the molecule is Cc1nc(COc2ccccc2C(=O)Nc2cccc(-n3nnnc3C)c2)no1. The molecule has 10 nitrogen and oxygen atoms in total. The summed E-state index contributed by atoms with van der Waals surface area (Å²) >= 11 is 0. The van der Waals surface area contributed by atoms with Crippen molar-refractivity contribution in [3.63, 3.8) is 0 Å². The number of aryl methyl sites for hydroxylation is 2. The van der Waals surface area contributed by atoms with E-state index in [0.29, 0.717) is 34.5 Å². The average molecular weight is 391 g/mol. The van der Waals surface area contributed by atoms with E-state index < -0.39 is 0 Å². The van der Waals surface area contributed by atoms with Crippen LogP contribution in [0.15, 0.2) is 53.1 Å². The Kier molecular flexibility index (Phi) is 4.97. The predicted molar refractivity (Wildman–Crippen MR) is 102 cm³/mol. The fourth-order valence-electron chi connectivity index (χ4n) is 2.71. The molecule has 4 aromatic rings. The van der Waals surface area contributed by atoms with E-state index in [9.17, 15) is 4.79 Å². The number of aromatic nitrogens is 6. The van der Waals surface area contributed by atoms with E-state index in [1.54, 1.807) is 54.9 Å². The molecule has 1 amide bonds. The highest BCUT2D eigenvalue weighted by atomic mass is 16.5. The van der Waals surface area contributed by atoms with Gasteiger partial charge in [-0.3, -0.25) is 4.79 Å². The van der Waals surface area contributed by atoms with Crippen molar-refractivity contribution in [2.45, 2.75) is 20.5 Å². The van der Waals surface area contributed by atoms with Gasteiger partial charge >= 0.3 is 0 Å². The molecule has 4 rings (SSSR count). The van der Waals surface area contributed by atoms with Gasteiger partial charge in [0.1, 0.15) is 5.75 Å². The maximum atomic E-state index is 12.8. The van der Waals surface area contributed by atoms with E-state index in [4.69, 9.17) is 9.26 Å². The van der Waals surface area contributed by atoms with Crippen LogP contribution in [0.2, 0.25) is 0 Å². The van der Waals surface area contributed by atoms with Gasteiger partial charge < -0.3 is 14.6 Å². The number of rotatable bonds is 6. The summed E-state index contributed by atoms with van der Waals surface area (Å²) in [6.45, 7) is 3.59. The molecule has 0 spiro atoms. The summed E-state index contributed by atoms with van der Waals surface area (Å²) in [6, 6.07) is 14.2. The van der Waals surface area contributed by atoms with Gasteiger partial charge in [-0.1, -0.05) is 23.4 Å². The van der Waals surface area contributed by atoms with Crippen molar-refractivity contribution < 1.29 is 14.1 Å². The second-order valence-electron chi connectivity index (χ2n) is 6.16. The van der Waals surface area contributed by atoms with Gasteiger partial charge in [0.05, 0.1) is 11.3 Å². The second kappa shape index (κ2) is 7.89. The molecule has 29 heavy (non-hydrogen) atoms. The topological polar surface area (TPSA) is 121 Å². The second-order valence-corrected chi connectivity index (χ2v) is 6.16. The highest BCUT2D eigenvalue weighted by Gasteiger charge is 2.14. The van der Waals surface area contributed by atoms with E-state index in [-0.39, 0.29) is 12.5 Å². The molecule has 10 heteroatoms. The number of ether oxygens (including phenoxy) is 1. The molecular formula is C19H17N7O3. The van der Waals surface area contributed by atoms with Crippen LogP contribution in [0.4, 0.5) is 5.69 Å². The monoisotopic (exact) mass is 391 g/mol. The van der Waals surface area contributed by atoms with Gasteiger partial charge in [-0.2, -0.15) is 9.67 Å². The third-order valence-electron chi connectivity index (χ3n) is 4.03. The first-order valence-electron chi connectivity index (χ1n) is 8.78. The largest absolute Gasteiger partial charge is 0.485 e. The number of para-hydroxylation sites is 1. The minimum atomic E-state index is -0.310. The number of nitrogens with zero attached hydrogens (tertiary/aromatic N) is 6. The maximum Gasteiger partial charge on any atom is 0.259 e. The number of carbonyl (C=O) groups is 1. The minimum absolute atomic E-state index is 0.0930. The lowest BCUT2D eigenvalue weighted by Gasteiger charge is -2.11. The first kappa shape index (κ1) is 18.3. The molecular weight excluding hydrogens is 374 g/mol. The molecule has 0 radical (unpaired) electrons. The first-order chi connectivity index (χ1) is 14.1. The van der Waals surface area contributed by atoms with Crippen LogP contribution in [0.1, 0.15) is 27.9 Å². The fraction of sp³-hybridized carbons (Fsp3) is 0.158. The number of benzene rings is 2. The standard InChI is InChI=1S/C19H17N7O3/c1-12-22-24-25-26(12)15-7-5-6-14(10-15)21-19(27)16-8-3-4-9-17(16)28-11-18-20-13(2)29-23-18/h3-10H,11H2,1-2H3,(H,21,27). The average Bonchev–Trinajstić information content (AvgIpc) is 3.34. The molecule has 2 heterocycles. The number of hydrogen-bond donors (Lipinski definition) is 1. The zero-order chi connectivity index (χ0) is 20.2. The molecule has 1 N–H and O–H groups in total. The molecule has 2 aromatic heterocycles. The third kappa shape index (κ3) is 4.10. The maximum absolute atomic E-state index is 12.8. The smallest absolute Gasteiger partial charge is 0.259 e. The highest BCUT2D eigenvalue weighted by Crippen LogP contribution is 2.22. The molecule has 2 aromatic carbocycles. The zero-order valence-electron chi connectivity index (χ0n) is 15.7. The molecule has 0 aliphatic carbocycles. The number of amides is 1. The van der Waals surface area contributed by atoms with Gasteiger partial charge in [0.15, 0.2) is 12.4 Å². The van der Waals surface area contributed by atoms with Crippen LogP contribution >= 0.6 is 0 Å². The summed E-state index contributed by atoms with van der Waals surface area (Å²) in [5.74, 6) is 1.61. The Labute approximate surface area is 165 Å². The van der Waals surface area contributed by atoms with E-state index in [0.717, 1.165) is 5.69 Å². The summed E-state index contributed by atoms with van der Waals surface area (Å²) < 4.78 is 12.2. The number of nitrogens with one attached hydrogen (secondary N) is 1. The summed E-state index contributed by atoms with van der Waals surface area (Å²) in [7, 11) is 0. The molecule has 146 valence electrons. The lowest BCUT2D eigenvalue weighted by atomic mass is 10.1. The van der Waals surface area contributed by atoms with Gasteiger partial charge in [0.2, 0.25) is 11.7 Å². The van der Waals surface area contributed by atoms with Gasteiger partial charge in [-0.25, -0.2) is 0 Å². The van der Waals surface area contributed by atoms with Gasteiger partial charge in [-0.05, 0) is 47.7 Å². The number of anilines is 1. The quantitative estimate of drug-likeness (QED) is 0.532. The van der Waals surface area contributed by atoms with Crippen molar-refractivity contribution in [3.05, 3.63) is 71.6 Å². The molecule has 0 saturated carbocycles. The van der Waals surface area contributed by atoms with E-state index in [1.165, 1.54) is 0 Å². The van der Waals surface area contributed by atoms with Crippen LogP contribution < -0.4 is 10.1 Å². The van der Waals surface area contributed by atoms with Crippen LogP contribution in [0, 0.1) is 13.8 Å². The summed E-state index contributed by atoms with van der Waals surface area (Å²) in [5, 5.41) is 18.1. The van der Waals surface area contributed by atoms with E-state index >= 15 is 0 Å². The van der Waals surface area contributed by atoms with E-state index in [1.807, 2.05) is 12.1 Å². The van der Waals surface area contributed by atoms with Crippen molar-refractivity contribution >= 4 is 11.6 Å². The summed E-state index contributed by atoms with van der Waals surface area (Å²) in [6.07, 6.45) is 0. The van der Waals surface area contributed by atoms with Crippen LogP contribution in [-0.4, -0.2) is 36.3 Å². The van der Waals surface area contributed by atoms with Crippen LogP contribution in [0.5, 0.6) is 5.75 Å². The van der Waals surface area contributed by atoms with Crippen molar-refractivity contribution in [1.82, 2.24) is 30.3 Å². The molecule has 0 unspecified atom stereocenters. The first-order valence-corrected chi connectivity index (χ1v) is 8.78. The van der Waals surface area contributed by atoms with Crippen molar-refractivity contribution in [2.75, 3.05) is 5.32 Å². The number of tetrazole rings is 1. The van der Waals surface area contributed by atoms with Crippen LogP contribution in [0.3, 0.4) is 0 Å². The number of hydrogen-bond acceptors (Lipinski definition) is 8. The van der Waals surface area contributed by atoms with Gasteiger partial charge in [0.25, 0.3) is 5.91 Å². The predicted octanol–water partition coefficient (Wildman–Crippen LogP) is 2.49. The Balaban J connectivity index is 1.51. The fourth-order valence-corrected chi connectivity index (χ4v) is 2.71. The van der Waals surface area contributed by atoms with Crippen molar-refractivity contribution in [3.8, 4) is 11.4 Å². The van der Waals surface area contributed by atoms with Gasteiger partial charge in [0, 0.05) is 12.6 Å². The summed E-state index contributed by atoms with van der Waals surface area (Å²) in [5.41, 5.74) is 1.73. The lowest BCUT2D eigenvalue weighted by molar-refractivity contribution is 0.102. The van der Waals surface area contributed by atoms with Crippen molar-refractivity contribution in [2.24, 2.45) is 0 Å². The molecule has 0 fully saturated rings. The number of carbonyl (C=O) groups excluding carboxylic acids is 1. The molecule has 0 bridgehead atoms. The van der Waals surface area contributed by atoms with E-state index in [2.05, 4.69) is 31.0 Å². The zero-order valence-corrected chi connectivity index (χ0v) is 15.7. The Bertz CT molecular complexity index is 1150. The Morgan fingerprint density at radius 3 is 2.79 bits per heavy atom. The molecule has 0 atom stereocenters. The molecule has 0 aliphatic rings. The van der Waals surface area contributed by atoms with Crippen molar-refractivity contribution in [1.29, 1.82) is 0 Å². The Morgan fingerprint density at radius 2 is 2.03 bits per heavy atom. The Morgan fingerprint density at radius 1 is 1.17 bits per heavy atom. The third-order valence-corrected chi connectivity index (χ3v) is 4.03. The Hall–Kier alpha value is -4.08. The normalized spacial score (nSPS) is 10.7. The van der Waals surface area contributed by atoms with Crippen LogP contribution in [0.25, 0.3) is 5.69 Å². The molecule has 0 saturated heterocycles. The summed E-state index contributed by atoms with van der Waals surface area (Å²) in [4.78, 5) is 16.9. The highest BCUT2D eigenvalue weighted by molar-refractivity contribution is 6.06. The minimum Gasteiger partial charge on any atom is -0.485 e. The lowest BCUT2D eigenvalue weighted by Crippen LogP contribution is -2.14. The van der Waals surface area contributed by atoms with Crippen LogP contribution in [-0.2, 0) is 6.61 Å². The molecule has 0 aliphatic heterocycles.